The molecule has 47 heavy (non-hydrogen) atoms. The van der Waals surface area contributed by atoms with Gasteiger partial charge < -0.3 is 39.4 Å². The molecule has 12 nitrogen and oxygen atoms in total. The number of allylic oxidation sites excluding steroid dienone is 1. The molecule has 0 bridgehead atoms. The number of esters is 1. The topological polar surface area (TPSA) is 149 Å². The minimum absolute atomic E-state index is 0.172. The Hall–Kier alpha value is -3.92. The van der Waals surface area contributed by atoms with Crippen molar-refractivity contribution in [1.82, 2.24) is 16.1 Å². The molecule has 1 heterocycles. The molecule has 0 aromatic heterocycles. The van der Waals surface area contributed by atoms with E-state index in [1.54, 1.807) is 49.4 Å². The van der Waals surface area contributed by atoms with E-state index in [0.29, 0.717) is 56.5 Å². The van der Waals surface area contributed by atoms with E-state index in [-0.39, 0.29) is 18.8 Å². The lowest BCUT2D eigenvalue weighted by atomic mass is 9.95. The van der Waals surface area contributed by atoms with Gasteiger partial charge in [-0.2, -0.15) is 5.10 Å². The molecule has 1 aliphatic rings. The van der Waals surface area contributed by atoms with Gasteiger partial charge in [0.05, 0.1) is 42.2 Å². The Kier molecular flexibility index (Phi) is 12.8. The van der Waals surface area contributed by atoms with Crippen molar-refractivity contribution in [3.05, 3.63) is 90.1 Å². The van der Waals surface area contributed by atoms with Gasteiger partial charge in [0.2, 0.25) is 0 Å². The number of ether oxygens (including phenoxy) is 5. The molecule has 0 radical (unpaired) electrons. The average molecular weight is 799 g/mol. The number of nitrogens with one attached hydrogen (secondary N) is 3. The zero-order chi connectivity index (χ0) is 34.1. The number of aliphatic hydroxyl groups excluding tert-OH is 1. The summed E-state index contributed by atoms with van der Waals surface area (Å²) in [5.41, 5.74) is 5.32. The number of hydrogen-bond donors (Lipinski definition) is 4. The van der Waals surface area contributed by atoms with E-state index in [1.807, 2.05) is 13.0 Å². The fourth-order valence-electron chi connectivity index (χ4n) is 4.56. The van der Waals surface area contributed by atoms with Gasteiger partial charge in [0, 0.05) is 21.3 Å². The zero-order valence-corrected chi connectivity index (χ0v) is 29.5. The lowest BCUT2D eigenvalue weighted by Crippen LogP contribution is -2.45. The standard InChI is InChI=1S/C32H33Cl2IN4O8/c1-5-45-25-12-19(29-28(31(41)44-4)17(2)37-32(42)38-29)7-9-24(25)46-16-27(40)39-36-14-18-10-23(35)30(26(11-18)43-3)47-15-20-6-8-21(33)13-22(20)34/h6-14,27,29,39-40H,5,15-16H2,1-4H3,(H2,37,38,42)/b36-14-/t27-,29-/m0/s1. The van der Waals surface area contributed by atoms with Crippen molar-refractivity contribution in [3.8, 4) is 23.0 Å². The molecule has 15 heteroatoms. The van der Waals surface area contributed by atoms with Crippen LogP contribution in [0.25, 0.3) is 0 Å². The van der Waals surface area contributed by atoms with Crippen molar-refractivity contribution in [2.45, 2.75) is 32.7 Å². The van der Waals surface area contributed by atoms with Crippen LogP contribution in [0.3, 0.4) is 0 Å². The van der Waals surface area contributed by atoms with E-state index in [0.717, 1.165) is 9.13 Å². The minimum Gasteiger partial charge on any atom is -0.493 e. The predicted octanol–water partition coefficient (Wildman–Crippen LogP) is 5.71. The van der Waals surface area contributed by atoms with Crippen LogP contribution in [0.1, 0.15) is 36.6 Å². The molecule has 2 atom stereocenters. The number of rotatable bonds is 14. The first kappa shape index (κ1) is 35.9. The number of nitrogens with zero attached hydrogens (tertiary/aromatic N) is 1. The SMILES string of the molecule is CCOc1cc([C@@H]2NC(=O)NC(C)=C2C(=O)OC)ccc1OC[C@H](O)N/N=C\c1cc(I)c(OCc2ccc(Cl)cc2Cl)c(OC)c1. The van der Waals surface area contributed by atoms with Crippen LogP contribution in [-0.4, -0.2) is 57.0 Å². The van der Waals surface area contributed by atoms with Gasteiger partial charge in [-0.05, 0) is 84.0 Å². The van der Waals surface area contributed by atoms with Crippen molar-refractivity contribution in [3.63, 3.8) is 0 Å². The maximum absolute atomic E-state index is 12.5. The quantitative estimate of drug-likeness (QED) is 0.0530. The van der Waals surface area contributed by atoms with Crippen molar-refractivity contribution in [2.75, 3.05) is 27.4 Å². The second kappa shape index (κ2) is 16.8. The molecule has 0 saturated heterocycles. The third-order valence-corrected chi connectivity index (χ3v) is 8.14. The van der Waals surface area contributed by atoms with Crippen LogP contribution in [0, 0.1) is 3.57 Å². The highest BCUT2D eigenvalue weighted by molar-refractivity contribution is 14.1. The summed E-state index contributed by atoms with van der Waals surface area (Å²) in [6.07, 6.45) is 0.351. The van der Waals surface area contributed by atoms with Crippen molar-refractivity contribution in [2.24, 2.45) is 5.10 Å². The number of methoxy groups -OCH3 is 2. The van der Waals surface area contributed by atoms with E-state index in [2.05, 4.69) is 43.8 Å². The molecule has 0 unspecified atom stereocenters. The first-order chi connectivity index (χ1) is 22.5. The van der Waals surface area contributed by atoms with E-state index in [9.17, 15) is 14.7 Å². The Morgan fingerprint density at radius 1 is 1.09 bits per heavy atom. The van der Waals surface area contributed by atoms with Crippen LogP contribution in [-0.2, 0) is 16.1 Å². The molecular weight excluding hydrogens is 766 g/mol. The summed E-state index contributed by atoms with van der Waals surface area (Å²) >= 11 is 14.4. The lowest BCUT2D eigenvalue weighted by molar-refractivity contribution is -0.136. The van der Waals surface area contributed by atoms with E-state index < -0.39 is 24.3 Å². The third-order valence-electron chi connectivity index (χ3n) is 6.75. The molecule has 3 aromatic rings. The number of amides is 2. The van der Waals surface area contributed by atoms with Crippen molar-refractivity contribution >= 4 is 64.0 Å². The Bertz CT molecular complexity index is 1690. The minimum atomic E-state index is -1.17. The highest BCUT2D eigenvalue weighted by Crippen LogP contribution is 2.36. The number of aliphatic hydroxyl groups is 1. The van der Waals surface area contributed by atoms with Gasteiger partial charge in [0.15, 0.2) is 29.2 Å². The average Bonchev–Trinajstić information content (AvgIpc) is 3.03. The molecule has 1 aliphatic heterocycles. The van der Waals surface area contributed by atoms with Gasteiger partial charge in [-0.25, -0.2) is 9.59 Å². The molecule has 0 saturated carbocycles. The van der Waals surface area contributed by atoms with Gasteiger partial charge in [0.1, 0.15) is 13.2 Å². The second-order valence-electron chi connectivity index (χ2n) is 9.97. The summed E-state index contributed by atoms with van der Waals surface area (Å²) in [5.74, 6) is 1.16. The number of hydrogen-bond acceptors (Lipinski definition) is 10. The fraction of sp³-hybridized carbons (Fsp3) is 0.281. The number of benzene rings is 3. The first-order valence-electron chi connectivity index (χ1n) is 14.2. The predicted molar refractivity (Wildman–Crippen MR) is 185 cm³/mol. The Balaban J connectivity index is 1.39. The third kappa shape index (κ3) is 9.34. The summed E-state index contributed by atoms with van der Waals surface area (Å²) in [6.45, 7) is 3.80. The molecule has 0 fully saturated rings. The van der Waals surface area contributed by atoms with Crippen LogP contribution in [0.5, 0.6) is 23.0 Å². The lowest BCUT2D eigenvalue weighted by Gasteiger charge is -2.28. The molecule has 0 spiro atoms. The zero-order valence-electron chi connectivity index (χ0n) is 25.9. The summed E-state index contributed by atoms with van der Waals surface area (Å²) in [7, 11) is 2.81. The maximum atomic E-state index is 12.5. The Morgan fingerprint density at radius 3 is 2.57 bits per heavy atom. The fourth-order valence-corrected chi connectivity index (χ4v) is 5.81. The highest BCUT2D eigenvalue weighted by Gasteiger charge is 2.32. The van der Waals surface area contributed by atoms with Crippen LogP contribution in [0.2, 0.25) is 10.0 Å². The Morgan fingerprint density at radius 2 is 1.87 bits per heavy atom. The summed E-state index contributed by atoms with van der Waals surface area (Å²) in [6, 6.07) is 12.6. The van der Waals surface area contributed by atoms with Crippen molar-refractivity contribution < 1.29 is 38.4 Å². The van der Waals surface area contributed by atoms with Gasteiger partial charge in [-0.15, -0.1) is 0 Å². The number of hydrazone groups is 1. The van der Waals surface area contributed by atoms with E-state index in [4.69, 9.17) is 46.9 Å². The van der Waals surface area contributed by atoms with Crippen LogP contribution < -0.4 is 35.0 Å². The molecule has 4 rings (SSSR count). The van der Waals surface area contributed by atoms with Gasteiger partial charge >= 0.3 is 12.0 Å². The molecule has 3 aromatic carbocycles. The smallest absolute Gasteiger partial charge is 0.337 e. The van der Waals surface area contributed by atoms with Crippen LogP contribution >= 0.6 is 45.8 Å². The van der Waals surface area contributed by atoms with E-state index in [1.165, 1.54) is 20.4 Å². The van der Waals surface area contributed by atoms with Crippen molar-refractivity contribution in [1.29, 1.82) is 0 Å². The van der Waals surface area contributed by atoms with Crippen LogP contribution in [0.15, 0.2) is 64.9 Å². The first-order valence-corrected chi connectivity index (χ1v) is 16.0. The van der Waals surface area contributed by atoms with Gasteiger partial charge in [0.25, 0.3) is 0 Å². The molecular formula is C32H33Cl2IN4O8. The monoisotopic (exact) mass is 798 g/mol. The largest absolute Gasteiger partial charge is 0.493 e. The summed E-state index contributed by atoms with van der Waals surface area (Å²) in [5, 5.41) is 21.0. The summed E-state index contributed by atoms with van der Waals surface area (Å²) < 4.78 is 28.8. The van der Waals surface area contributed by atoms with Crippen LogP contribution in [0.4, 0.5) is 4.79 Å². The number of carbonyl (C=O) groups excluding carboxylic acids is 2. The molecule has 4 N–H and O–H groups in total. The van der Waals surface area contributed by atoms with Gasteiger partial charge in [-0.3, -0.25) is 5.43 Å². The molecule has 0 aliphatic carbocycles. The highest BCUT2D eigenvalue weighted by atomic mass is 127. The molecule has 250 valence electrons. The normalized spacial score (nSPS) is 15.1. The Labute approximate surface area is 295 Å². The second-order valence-corrected chi connectivity index (χ2v) is 12.0. The van der Waals surface area contributed by atoms with Gasteiger partial charge in [-0.1, -0.05) is 35.3 Å². The number of halogens is 3. The number of urea groups is 1. The maximum Gasteiger partial charge on any atom is 0.337 e. The number of carbonyl (C=O) groups is 2. The molecule has 2 amide bonds. The summed E-state index contributed by atoms with van der Waals surface area (Å²) in [4.78, 5) is 24.6. The van der Waals surface area contributed by atoms with E-state index >= 15 is 0 Å².